The first-order valence-electron chi connectivity index (χ1n) is 8.60. The third-order valence-electron chi connectivity index (χ3n) is 4.59. The van der Waals surface area contributed by atoms with Crippen molar-refractivity contribution in [2.75, 3.05) is 11.4 Å². The Morgan fingerprint density at radius 3 is 2.59 bits per heavy atom. The second kappa shape index (κ2) is 6.98. The van der Waals surface area contributed by atoms with E-state index in [0.29, 0.717) is 24.5 Å². The van der Waals surface area contributed by atoms with Crippen LogP contribution in [0.25, 0.3) is 11.4 Å². The molecule has 4 rings (SSSR count). The lowest BCUT2D eigenvalue weighted by atomic mass is 10.2. The van der Waals surface area contributed by atoms with E-state index in [-0.39, 0.29) is 11.9 Å². The van der Waals surface area contributed by atoms with E-state index < -0.39 is 11.9 Å². The van der Waals surface area contributed by atoms with E-state index in [1.54, 1.807) is 24.7 Å². The van der Waals surface area contributed by atoms with Gasteiger partial charge in [-0.1, -0.05) is 0 Å². The Labute approximate surface area is 153 Å². The summed E-state index contributed by atoms with van der Waals surface area (Å²) in [7, 11) is 0. The van der Waals surface area contributed by atoms with Crippen molar-refractivity contribution in [1.29, 1.82) is 0 Å². The summed E-state index contributed by atoms with van der Waals surface area (Å²) in [6.07, 6.45) is 5.50. The zero-order valence-corrected chi connectivity index (χ0v) is 14.3. The minimum atomic E-state index is -4.54. The molecule has 3 aromatic rings. The molecule has 1 unspecified atom stereocenters. The van der Waals surface area contributed by atoms with Gasteiger partial charge in [0.05, 0.1) is 6.33 Å². The van der Waals surface area contributed by atoms with E-state index in [4.69, 9.17) is 0 Å². The van der Waals surface area contributed by atoms with Crippen molar-refractivity contribution in [2.45, 2.75) is 31.6 Å². The van der Waals surface area contributed by atoms with Gasteiger partial charge in [0.2, 0.25) is 0 Å². The Bertz CT molecular complexity index is 895. The summed E-state index contributed by atoms with van der Waals surface area (Å²) >= 11 is 0. The molecule has 140 valence electrons. The Hall–Kier alpha value is -2.97. The van der Waals surface area contributed by atoms with Gasteiger partial charge in [0, 0.05) is 55.5 Å². The van der Waals surface area contributed by atoms with Crippen molar-refractivity contribution >= 4 is 5.82 Å². The number of halogens is 3. The molecule has 0 bridgehead atoms. The Morgan fingerprint density at radius 2 is 1.89 bits per heavy atom. The summed E-state index contributed by atoms with van der Waals surface area (Å²) in [5, 5.41) is 0. The Balaban J connectivity index is 1.72. The van der Waals surface area contributed by atoms with Crippen LogP contribution in [0.4, 0.5) is 19.0 Å². The fourth-order valence-electron chi connectivity index (χ4n) is 3.32. The highest BCUT2D eigenvalue weighted by molar-refractivity contribution is 5.58. The topological polar surface area (TPSA) is 59.7 Å². The Morgan fingerprint density at radius 1 is 1.07 bits per heavy atom. The summed E-state index contributed by atoms with van der Waals surface area (Å²) in [5.74, 6) is 0.349. The van der Waals surface area contributed by atoms with Gasteiger partial charge in [0.25, 0.3) is 0 Å². The van der Waals surface area contributed by atoms with Crippen LogP contribution in [0, 0.1) is 0 Å². The molecular formula is C18H17F3N6. The number of imidazole rings is 1. The molecule has 0 aliphatic carbocycles. The van der Waals surface area contributed by atoms with Crippen molar-refractivity contribution in [1.82, 2.24) is 24.5 Å². The number of anilines is 1. The molecule has 1 aliphatic rings. The molecule has 0 radical (unpaired) electrons. The second-order valence-corrected chi connectivity index (χ2v) is 6.42. The second-order valence-electron chi connectivity index (χ2n) is 6.42. The molecule has 0 aromatic carbocycles. The summed E-state index contributed by atoms with van der Waals surface area (Å²) in [4.78, 5) is 18.0. The molecule has 4 heterocycles. The molecule has 0 saturated carbocycles. The van der Waals surface area contributed by atoms with Crippen LogP contribution in [0.1, 0.15) is 18.5 Å². The van der Waals surface area contributed by atoms with E-state index in [1.165, 1.54) is 12.4 Å². The molecule has 0 N–H and O–H groups in total. The number of aromatic nitrogens is 5. The molecule has 27 heavy (non-hydrogen) atoms. The van der Waals surface area contributed by atoms with Gasteiger partial charge in [-0.3, -0.25) is 4.98 Å². The van der Waals surface area contributed by atoms with Gasteiger partial charge in [-0.2, -0.15) is 13.2 Å². The number of hydrogen-bond donors (Lipinski definition) is 0. The maximum atomic E-state index is 13.4. The lowest BCUT2D eigenvalue weighted by Crippen LogP contribution is -2.33. The first-order chi connectivity index (χ1) is 13.0. The fourth-order valence-corrected chi connectivity index (χ4v) is 3.32. The highest BCUT2D eigenvalue weighted by Crippen LogP contribution is 2.33. The minimum Gasteiger partial charge on any atom is -0.352 e. The van der Waals surface area contributed by atoms with Gasteiger partial charge in [-0.15, -0.1) is 0 Å². The standard InChI is InChI=1S/C18H17F3N6/c19-18(20,21)15-10-16(25-17(24-15)13-3-5-22-6-4-13)27-8-1-2-14(27)11-26-9-7-23-12-26/h3-7,9-10,12,14H,1-2,8,11H2. The third-order valence-corrected chi connectivity index (χ3v) is 4.59. The van der Waals surface area contributed by atoms with Gasteiger partial charge < -0.3 is 9.47 Å². The number of pyridine rings is 1. The summed E-state index contributed by atoms with van der Waals surface area (Å²) in [6, 6.07) is 4.30. The molecule has 1 atom stereocenters. The van der Waals surface area contributed by atoms with E-state index in [0.717, 1.165) is 18.9 Å². The van der Waals surface area contributed by atoms with Crippen LogP contribution >= 0.6 is 0 Å². The summed E-state index contributed by atoms with van der Waals surface area (Å²) in [5.41, 5.74) is -0.435. The van der Waals surface area contributed by atoms with Crippen molar-refractivity contribution in [3.8, 4) is 11.4 Å². The number of rotatable bonds is 4. The van der Waals surface area contributed by atoms with Crippen molar-refractivity contribution in [2.24, 2.45) is 0 Å². The molecule has 1 fully saturated rings. The number of nitrogens with zero attached hydrogens (tertiary/aromatic N) is 6. The average Bonchev–Trinajstić information content (AvgIpc) is 3.34. The summed E-state index contributed by atoms with van der Waals surface area (Å²) in [6.45, 7) is 1.30. The van der Waals surface area contributed by atoms with Gasteiger partial charge >= 0.3 is 6.18 Å². The predicted octanol–water partition coefficient (Wildman–Crippen LogP) is 3.42. The number of alkyl halides is 3. The van der Waals surface area contributed by atoms with E-state index in [2.05, 4.69) is 19.9 Å². The maximum Gasteiger partial charge on any atom is 0.433 e. The van der Waals surface area contributed by atoms with Gasteiger partial charge in [0.1, 0.15) is 5.82 Å². The molecule has 0 amide bonds. The zero-order valence-electron chi connectivity index (χ0n) is 14.3. The van der Waals surface area contributed by atoms with Crippen LogP contribution in [0.5, 0.6) is 0 Å². The quantitative estimate of drug-likeness (QED) is 0.700. The van der Waals surface area contributed by atoms with E-state index in [9.17, 15) is 13.2 Å². The lowest BCUT2D eigenvalue weighted by Gasteiger charge is -2.27. The van der Waals surface area contributed by atoms with Crippen molar-refractivity contribution in [3.63, 3.8) is 0 Å². The largest absolute Gasteiger partial charge is 0.433 e. The predicted molar refractivity (Wildman–Crippen MR) is 92.9 cm³/mol. The molecule has 1 saturated heterocycles. The highest BCUT2D eigenvalue weighted by Gasteiger charge is 2.35. The van der Waals surface area contributed by atoms with Crippen LogP contribution < -0.4 is 4.90 Å². The van der Waals surface area contributed by atoms with Crippen LogP contribution in [0.15, 0.2) is 49.3 Å². The molecule has 3 aromatic heterocycles. The highest BCUT2D eigenvalue weighted by atomic mass is 19.4. The molecule has 1 aliphatic heterocycles. The number of hydrogen-bond acceptors (Lipinski definition) is 5. The molecular weight excluding hydrogens is 357 g/mol. The van der Waals surface area contributed by atoms with Gasteiger partial charge in [-0.25, -0.2) is 15.0 Å². The molecule has 0 spiro atoms. The van der Waals surface area contributed by atoms with E-state index >= 15 is 0 Å². The average molecular weight is 374 g/mol. The monoisotopic (exact) mass is 374 g/mol. The normalized spacial score (nSPS) is 17.4. The van der Waals surface area contributed by atoms with Crippen molar-refractivity contribution in [3.05, 3.63) is 55.0 Å². The minimum absolute atomic E-state index is 0.0514. The smallest absolute Gasteiger partial charge is 0.352 e. The molecule has 9 heteroatoms. The first kappa shape index (κ1) is 17.4. The maximum absolute atomic E-state index is 13.4. The van der Waals surface area contributed by atoms with Crippen molar-refractivity contribution < 1.29 is 13.2 Å². The van der Waals surface area contributed by atoms with E-state index in [1.807, 2.05) is 15.7 Å². The zero-order chi connectivity index (χ0) is 18.9. The third kappa shape index (κ3) is 3.76. The van der Waals surface area contributed by atoms with Crippen LogP contribution in [-0.2, 0) is 12.7 Å². The van der Waals surface area contributed by atoms with Gasteiger partial charge in [-0.05, 0) is 25.0 Å². The SMILES string of the molecule is FC(F)(F)c1cc(N2CCCC2Cn2ccnc2)nc(-c2ccncc2)n1. The van der Waals surface area contributed by atoms with Gasteiger partial charge in [0.15, 0.2) is 11.5 Å². The fraction of sp³-hybridized carbons (Fsp3) is 0.333. The lowest BCUT2D eigenvalue weighted by molar-refractivity contribution is -0.141. The van der Waals surface area contributed by atoms with Crippen LogP contribution in [0.2, 0.25) is 0 Å². The Kier molecular flexibility index (Phi) is 4.51. The summed E-state index contributed by atoms with van der Waals surface area (Å²) < 4.78 is 42.2. The van der Waals surface area contributed by atoms with Crippen LogP contribution in [0.3, 0.4) is 0 Å². The molecule has 6 nitrogen and oxygen atoms in total. The first-order valence-corrected chi connectivity index (χ1v) is 8.60. The van der Waals surface area contributed by atoms with Crippen LogP contribution in [-0.4, -0.2) is 37.1 Å².